The number of pyridine rings is 1. The summed E-state index contributed by atoms with van der Waals surface area (Å²) >= 11 is 0. The van der Waals surface area contributed by atoms with Crippen molar-refractivity contribution in [1.29, 1.82) is 0 Å². The largest absolute Gasteiger partial charge is 0.467 e. The number of anilines is 1. The summed E-state index contributed by atoms with van der Waals surface area (Å²) in [5, 5.41) is 0. The Kier molecular flexibility index (Phi) is 3.25. The standard InChI is InChI=1S/C15H19N3O/c1-11-7-12(9-16)8-15(17-11)18(13-4-5-13)10-14-3-2-6-19-14/h2-3,6-8,13H,4-5,9-10,16H2,1H3. The molecular formula is C15H19N3O. The first-order chi connectivity index (χ1) is 9.26. The first-order valence-electron chi connectivity index (χ1n) is 6.73. The summed E-state index contributed by atoms with van der Waals surface area (Å²) in [6, 6.07) is 8.66. The molecule has 2 heterocycles. The molecule has 4 heteroatoms. The summed E-state index contributed by atoms with van der Waals surface area (Å²) in [5.41, 5.74) is 7.90. The quantitative estimate of drug-likeness (QED) is 0.894. The number of aryl methyl sites for hydroxylation is 1. The third kappa shape index (κ3) is 2.79. The summed E-state index contributed by atoms with van der Waals surface area (Å²) in [7, 11) is 0. The fourth-order valence-corrected chi connectivity index (χ4v) is 2.34. The molecule has 1 aliphatic carbocycles. The van der Waals surface area contributed by atoms with E-state index in [-0.39, 0.29) is 0 Å². The van der Waals surface area contributed by atoms with Gasteiger partial charge < -0.3 is 15.1 Å². The summed E-state index contributed by atoms with van der Waals surface area (Å²) in [6.45, 7) is 3.34. The number of aromatic nitrogens is 1. The molecule has 0 unspecified atom stereocenters. The molecule has 2 aromatic rings. The Labute approximate surface area is 113 Å². The lowest BCUT2D eigenvalue weighted by Gasteiger charge is -2.23. The monoisotopic (exact) mass is 257 g/mol. The van der Waals surface area contributed by atoms with Gasteiger partial charge in [0.15, 0.2) is 0 Å². The summed E-state index contributed by atoms with van der Waals surface area (Å²) in [4.78, 5) is 6.98. The van der Waals surface area contributed by atoms with Gasteiger partial charge in [-0.15, -0.1) is 0 Å². The zero-order valence-corrected chi connectivity index (χ0v) is 11.2. The zero-order chi connectivity index (χ0) is 13.2. The molecule has 0 aromatic carbocycles. The molecule has 1 fully saturated rings. The topological polar surface area (TPSA) is 55.3 Å². The van der Waals surface area contributed by atoms with E-state index in [1.54, 1.807) is 6.26 Å². The van der Waals surface area contributed by atoms with Crippen molar-refractivity contribution in [2.24, 2.45) is 5.73 Å². The van der Waals surface area contributed by atoms with Gasteiger partial charge in [0.2, 0.25) is 0 Å². The fourth-order valence-electron chi connectivity index (χ4n) is 2.34. The summed E-state index contributed by atoms with van der Waals surface area (Å²) in [6.07, 6.45) is 4.18. The fraction of sp³-hybridized carbons (Fsp3) is 0.400. The van der Waals surface area contributed by atoms with Crippen LogP contribution in [-0.4, -0.2) is 11.0 Å². The molecule has 2 aromatic heterocycles. The van der Waals surface area contributed by atoms with Gasteiger partial charge in [-0.1, -0.05) is 0 Å². The highest BCUT2D eigenvalue weighted by Gasteiger charge is 2.30. The number of furan rings is 1. The minimum Gasteiger partial charge on any atom is -0.467 e. The van der Waals surface area contributed by atoms with Crippen molar-refractivity contribution in [1.82, 2.24) is 4.98 Å². The van der Waals surface area contributed by atoms with E-state index in [0.29, 0.717) is 12.6 Å². The highest BCUT2D eigenvalue weighted by molar-refractivity contribution is 5.45. The van der Waals surface area contributed by atoms with Crippen molar-refractivity contribution < 1.29 is 4.42 Å². The predicted octanol–water partition coefficient (Wildman–Crippen LogP) is 2.61. The van der Waals surface area contributed by atoms with Gasteiger partial charge in [0.05, 0.1) is 12.8 Å². The highest BCUT2D eigenvalue weighted by Crippen LogP contribution is 2.32. The van der Waals surface area contributed by atoms with E-state index in [9.17, 15) is 0 Å². The lowest BCUT2D eigenvalue weighted by molar-refractivity contribution is 0.500. The molecule has 0 aliphatic heterocycles. The van der Waals surface area contributed by atoms with Crippen LogP contribution in [0, 0.1) is 6.92 Å². The highest BCUT2D eigenvalue weighted by atomic mass is 16.3. The molecule has 0 saturated heterocycles. The molecule has 1 aliphatic rings. The molecule has 3 rings (SSSR count). The van der Waals surface area contributed by atoms with Crippen molar-refractivity contribution in [3.8, 4) is 0 Å². The van der Waals surface area contributed by atoms with Crippen molar-refractivity contribution in [2.75, 3.05) is 4.90 Å². The Morgan fingerprint density at radius 3 is 2.89 bits per heavy atom. The van der Waals surface area contributed by atoms with E-state index in [1.807, 2.05) is 25.1 Å². The molecule has 0 radical (unpaired) electrons. The first kappa shape index (κ1) is 12.2. The number of hydrogen-bond donors (Lipinski definition) is 1. The summed E-state index contributed by atoms with van der Waals surface area (Å²) < 4.78 is 5.46. The van der Waals surface area contributed by atoms with E-state index in [1.165, 1.54) is 12.8 Å². The maximum Gasteiger partial charge on any atom is 0.129 e. The van der Waals surface area contributed by atoms with Crippen molar-refractivity contribution >= 4 is 5.82 Å². The van der Waals surface area contributed by atoms with Crippen LogP contribution in [0.25, 0.3) is 0 Å². The number of hydrogen-bond acceptors (Lipinski definition) is 4. The van der Waals surface area contributed by atoms with Crippen molar-refractivity contribution in [2.45, 2.75) is 38.9 Å². The lowest BCUT2D eigenvalue weighted by atomic mass is 10.2. The third-order valence-corrected chi connectivity index (χ3v) is 3.42. The van der Waals surface area contributed by atoms with Gasteiger partial charge in [0, 0.05) is 18.3 Å². The molecule has 100 valence electrons. The minimum atomic E-state index is 0.551. The molecule has 4 nitrogen and oxygen atoms in total. The average Bonchev–Trinajstić information content (AvgIpc) is 3.12. The van der Waals surface area contributed by atoms with Crippen LogP contribution in [0.4, 0.5) is 5.82 Å². The second-order valence-corrected chi connectivity index (χ2v) is 5.12. The Balaban J connectivity index is 1.89. The molecule has 19 heavy (non-hydrogen) atoms. The van der Waals surface area contributed by atoms with Crippen molar-refractivity contribution in [3.05, 3.63) is 47.5 Å². The van der Waals surface area contributed by atoms with E-state index in [4.69, 9.17) is 10.2 Å². The van der Waals surface area contributed by atoms with E-state index < -0.39 is 0 Å². The minimum absolute atomic E-state index is 0.551. The Morgan fingerprint density at radius 2 is 2.26 bits per heavy atom. The first-order valence-corrected chi connectivity index (χ1v) is 6.73. The van der Waals surface area contributed by atoms with E-state index in [0.717, 1.165) is 29.4 Å². The number of rotatable bonds is 5. The SMILES string of the molecule is Cc1cc(CN)cc(N(Cc2ccco2)C2CC2)n1. The molecule has 0 spiro atoms. The Bertz CT molecular complexity index is 547. The van der Waals surface area contributed by atoms with Gasteiger partial charge >= 0.3 is 0 Å². The number of nitrogens with two attached hydrogens (primary N) is 1. The predicted molar refractivity (Wildman–Crippen MR) is 74.8 cm³/mol. The maximum absolute atomic E-state index is 5.75. The zero-order valence-electron chi connectivity index (χ0n) is 11.2. The summed E-state index contributed by atoms with van der Waals surface area (Å²) in [5.74, 6) is 1.99. The molecule has 0 amide bonds. The van der Waals surface area contributed by atoms with Gasteiger partial charge in [0.25, 0.3) is 0 Å². The average molecular weight is 257 g/mol. The van der Waals surface area contributed by atoms with Gasteiger partial charge in [0.1, 0.15) is 11.6 Å². The molecule has 1 saturated carbocycles. The molecule has 2 N–H and O–H groups in total. The second kappa shape index (κ2) is 5.05. The second-order valence-electron chi connectivity index (χ2n) is 5.12. The van der Waals surface area contributed by atoms with Gasteiger partial charge in [-0.05, 0) is 49.6 Å². The third-order valence-electron chi connectivity index (χ3n) is 3.42. The molecular weight excluding hydrogens is 238 g/mol. The van der Waals surface area contributed by atoms with Crippen molar-refractivity contribution in [3.63, 3.8) is 0 Å². The van der Waals surface area contributed by atoms with Gasteiger partial charge in [-0.25, -0.2) is 4.98 Å². The maximum atomic E-state index is 5.75. The van der Waals surface area contributed by atoms with Crippen LogP contribution in [-0.2, 0) is 13.1 Å². The van der Waals surface area contributed by atoms with Crippen LogP contribution in [0.3, 0.4) is 0 Å². The van der Waals surface area contributed by atoms with Crippen LogP contribution < -0.4 is 10.6 Å². The Morgan fingerprint density at radius 1 is 1.42 bits per heavy atom. The van der Waals surface area contributed by atoms with E-state index >= 15 is 0 Å². The van der Waals surface area contributed by atoms with Crippen LogP contribution in [0.15, 0.2) is 34.9 Å². The Hall–Kier alpha value is -1.81. The molecule has 0 atom stereocenters. The lowest BCUT2D eigenvalue weighted by Crippen LogP contribution is -2.26. The van der Waals surface area contributed by atoms with E-state index in [2.05, 4.69) is 16.0 Å². The van der Waals surface area contributed by atoms with Crippen LogP contribution in [0.2, 0.25) is 0 Å². The van der Waals surface area contributed by atoms with Crippen LogP contribution in [0.5, 0.6) is 0 Å². The normalized spacial score (nSPS) is 14.6. The number of nitrogens with zero attached hydrogens (tertiary/aromatic N) is 2. The van der Waals surface area contributed by atoms with Crippen LogP contribution >= 0.6 is 0 Å². The molecule has 0 bridgehead atoms. The smallest absolute Gasteiger partial charge is 0.129 e. The van der Waals surface area contributed by atoms with Gasteiger partial charge in [-0.3, -0.25) is 0 Å². The van der Waals surface area contributed by atoms with Gasteiger partial charge in [-0.2, -0.15) is 0 Å². The van der Waals surface area contributed by atoms with Crippen LogP contribution in [0.1, 0.15) is 29.9 Å².